The Kier molecular flexibility index (Phi) is 5.51. The Bertz CT molecular complexity index is 1190. The molecule has 0 aliphatic heterocycles. The molecule has 1 saturated carbocycles. The van der Waals surface area contributed by atoms with E-state index in [-0.39, 0.29) is 5.76 Å². The summed E-state index contributed by atoms with van der Waals surface area (Å²) in [5, 5.41) is 3.75. The number of esters is 1. The van der Waals surface area contributed by atoms with Crippen molar-refractivity contribution in [3.05, 3.63) is 71.2 Å². The fourth-order valence-corrected chi connectivity index (χ4v) is 4.37. The first-order valence-corrected chi connectivity index (χ1v) is 11.3. The molecule has 0 radical (unpaired) electrons. The quantitative estimate of drug-likeness (QED) is 0.267. The largest absolute Gasteiger partial charge is 0.457 e. The van der Waals surface area contributed by atoms with Gasteiger partial charge in [0, 0.05) is 22.3 Å². The molecule has 1 fully saturated rings. The van der Waals surface area contributed by atoms with Crippen molar-refractivity contribution < 1.29 is 13.9 Å². The van der Waals surface area contributed by atoms with Gasteiger partial charge in [-0.1, -0.05) is 19.3 Å². The number of benzene rings is 1. The van der Waals surface area contributed by atoms with Crippen molar-refractivity contribution in [1.29, 1.82) is 0 Å². The highest BCUT2D eigenvalue weighted by molar-refractivity contribution is 9.10. The molecule has 0 amide bonds. The minimum Gasteiger partial charge on any atom is -0.457 e. The fourth-order valence-electron chi connectivity index (χ4n) is 4.03. The number of hydrogen-bond acceptors (Lipinski definition) is 5. The van der Waals surface area contributed by atoms with Gasteiger partial charge in [-0.15, -0.1) is 0 Å². The second-order valence-electron chi connectivity index (χ2n) is 7.76. The molecule has 4 aromatic rings. The van der Waals surface area contributed by atoms with Crippen LogP contribution in [0, 0.1) is 0 Å². The number of ether oxygens (including phenoxy) is 1. The zero-order valence-corrected chi connectivity index (χ0v) is 18.5. The average molecular weight is 480 g/mol. The number of imidazole rings is 1. The Labute approximate surface area is 188 Å². The van der Waals surface area contributed by atoms with Crippen LogP contribution in [-0.4, -0.2) is 21.4 Å². The number of hydrogen-bond donors (Lipinski definition) is 1. The number of aromatic nitrogens is 2. The Morgan fingerprint density at radius 3 is 2.65 bits per heavy atom. The van der Waals surface area contributed by atoms with E-state index in [1.165, 1.54) is 38.4 Å². The van der Waals surface area contributed by atoms with Crippen LogP contribution in [0.25, 0.3) is 16.9 Å². The number of nitrogens with zero attached hydrogens (tertiary/aromatic N) is 2. The molecule has 0 unspecified atom stereocenters. The van der Waals surface area contributed by atoms with Crippen LogP contribution in [0.1, 0.15) is 42.7 Å². The molecule has 0 saturated heterocycles. The van der Waals surface area contributed by atoms with Crippen molar-refractivity contribution in [2.24, 2.45) is 0 Å². The average Bonchev–Trinajstić information content (AvgIpc) is 3.44. The van der Waals surface area contributed by atoms with Gasteiger partial charge in [-0.2, -0.15) is 0 Å². The molecule has 1 N–H and O–H groups in total. The summed E-state index contributed by atoms with van der Waals surface area (Å²) >= 11 is 3.57. The summed E-state index contributed by atoms with van der Waals surface area (Å²) in [5.41, 5.74) is 2.72. The van der Waals surface area contributed by atoms with Crippen molar-refractivity contribution in [1.82, 2.24) is 9.38 Å². The Morgan fingerprint density at radius 2 is 1.90 bits per heavy atom. The Morgan fingerprint density at radius 1 is 1.10 bits per heavy atom. The molecule has 5 rings (SSSR count). The van der Waals surface area contributed by atoms with Crippen molar-refractivity contribution >= 4 is 33.4 Å². The highest BCUT2D eigenvalue weighted by atomic mass is 79.9. The molecule has 1 aliphatic carbocycles. The third-order valence-electron chi connectivity index (χ3n) is 5.59. The van der Waals surface area contributed by atoms with E-state index in [4.69, 9.17) is 14.1 Å². The first kappa shape index (κ1) is 19.9. The molecule has 0 atom stereocenters. The minimum atomic E-state index is -0.519. The van der Waals surface area contributed by atoms with E-state index >= 15 is 0 Å². The van der Waals surface area contributed by atoms with Crippen LogP contribution in [-0.2, 0) is 0 Å². The maximum atomic E-state index is 12.1. The van der Waals surface area contributed by atoms with E-state index in [0.29, 0.717) is 11.8 Å². The topological polar surface area (TPSA) is 68.8 Å². The van der Waals surface area contributed by atoms with Gasteiger partial charge in [-0.05, 0) is 77.3 Å². The van der Waals surface area contributed by atoms with Gasteiger partial charge >= 0.3 is 5.97 Å². The van der Waals surface area contributed by atoms with Gasteiger partial charge in [0.1, 0.15) is 22.9 Å². The molecule has 3 aromatic heterocycles. The fraction of sp³-hybridized carbons (Fsp3) is 0.250. The predicted molar refractivity (Wildman–Crippen MR) is 122 cm³/mol. The lowest BCUT2D eigenvalue weighted by Crippen LogP contribution is -2.23. The molecule has 1 aliphatic rings. The number of halogens is 1. The van der Waals surface area contributed by atoms with Crippen LogP contribution in [0.4, 0.5) is 5.82 Å². The molecular formula is C24H22BrN3O3. The highest BCUT2D eigenvalue weighted by Crippen LogP contribution is 2.33. The maximum Gasteiger partial charge on any atom is 0.379 e. The van der Waals surface area contributed by atoms with E-state index in [0.717, 1.165) is 27.2 Å². The van der Waals surface area contributed by atoms with Crippen LogP contribution in [0.15, 0.2) is 69.9 Å². The second-order valence-corrected chi connectivity index (χ2v) is 8.67. The summed E-state index contributed by atoms with van der Waals surface area (Å²) in [4.78, 5) is 17.0. The molecule has 31 heavy (non-hydrogen) atoms. The van der Waals surface area contributed by atoms with Crippen molar-refractivity contribution in [3.63, 3.8) is 0 Å². The molecule has 6 nitrogen and oxygen atoms in total. The molecule has 0 bridgehead atoms. The number of nitrogens with one attached hydrogen (secondary N) is 1. The Balaban J connectivity index is 1.45. The number of anilines is 1. The number of furan rings is 1. The molecule has 3 heterocycles. The summed E-state index contributed by atoms with van der Waals surface area (Å²) < 4.78 is 13.6. The van der Waals surface area contributed by atoms with Gasteiger partial charge in [0.25, 0.3) is 0 Å². The maximum absolute atomic E-state index is 12.1. The summed E-state index contributed by atoms with van der Waals surface area (Å²) in [6.45, 7) is 0. The summed E-state index contributed by atoms with van der Waals surface area (Å²) in [5.74, 6) is 1.10. The standard InChI is InChI=1S/C24H22BrN3O3/c25-17-10-13-21-27-22(23(28(21)15-17)26-18-5-2-1-3-6-18)16-8-11-19(12-9-16)31-24(29)20-7-4-14-30-20/h4,7-15,18,26H,1-3,5-6H2. The number of fused-ring (bicyclic) bond motifs is 1. The van der Waals surface area contributed by atoms with Gasteiger partial charge in [0.2, 0.25) is 5.76 Å². The predicted octanol–water partition coefficient (Wildman–Crippen LogP) is 6.32. The van der Waals surface area contributed by atoms with Crippen LogP contribution in [0.3, 0.4) is 0 Å². The molecule has 0 spiro atoms. The van der Waals surface area contributed by atoms with E-state index in [2.05, 4.69) is 25.6 Å². The van der Waals surface area contributed by atoms with Crippen LogP contribution in [0.5, 0.6) is 5.75 Å². The first-order valence-electron chi connectivity index (χ1n) is 10.5. The van der Waals surface area contributed by atoms with Gasteiger partial charge in [0.05, 0.1) is 6.26 Å². The lowest BCUT2D eigenvalue weighted by molar-refractivity contribution is 0.0701. The minimum absolute atomic E-state index is 0.175. The lowest BCUT2D eigenvalue weighted by atomic mass is 9.95. The summed E-state index contributed by atoms with van der Waals surface area (Å²) in [6.07, 6.45) is 9.64. The highest BCUT2D eigenvalue weighted by Gasteiger charge is 2.20. The normalized spacial score (nSPS) is 14.6. The van der Waals surface area contributed by atoms with E-state index in [1.54, 1.807) is 24.3 Å². The molecular weight excluding hydrogens is 458 g/mol. The van der Waals surface area contributed by atoms with E-state index < -0.39 is 5.97 Å². The summed E-state index contributed by atoms with van der Waals surface area (Å²) in [6, 6.07) is 15.1. The van der Waals surface area contributed by atoms with Gasteiger partial charge < -0.3 is 14.5 Å². The third kappa shape index (κ3) is 4.23. The molecule has 158 valence electrons. The van der Waals surface area contributed by atoms with Gasteiger partial charge in [-0.3, -0.25) is 4.40 Å². The first-order chi connectivity index (χ1) is 15.2. The lowest BCUT2D eigenvalue weighted by Gasteiger charge is -2.24. The zero-order valence-electron chi connectivity index (χ0n) is 16.9. The molecule has 1 aromatic carbocycles. The van der Waals surface area contributed by atoms with Crippen molar-refractivity contribution in [2.75, 3.05) is 5.32 Å². The monoisotopic (exact) mass is 479 g/mol. The second kappa shape index (κ2) is 8.59. The van der Waals surface area contributed by atoms with Crippen molar-refractivity contribution in [2.45, 2.75) is 38.1 Å². The van der Waals surface area contributed by atoms with Crippen LogP contribution >= 0.6 is 15.9 Å². The zero-order chi connectivity index (χ0) is 21.2. The van der Waals surface area contributed by atoms with Crippen LogP contribution < -0.4 is 10.1 Å². The number of pyridine rings is 1. The molecule has 7 heteroatoms. The van der Waals surface area contributed by atoms with Crippen LogP contribution in [0.2, 0.25) is 0 Å². The van der Waals surface area contributed by atoms with E-state index in [1.807, 2.05) is 30.5 Å². The summed E-state index contributed by atoms with van der Waals surface area (Å²) in [7, 11) is 0. The smallest absolute Gasteiger partial charge is 0.379 e. The Hall–Kier alpha value is -3.06. The van der Waals surface area contributed by atoms with Gasteiger partial charge in [-0.25, -0.2) is 9.78 Å². The number of carbonyl (C=O) groups excluding carboxylic acids is 1. The van der Waals surface area contributed by atoms with Gasteiger partial charge in [0.15, 0.2) is 0 Å². The van der Waals surface area contributed by atoms with Crippen molar-refractivity contribution in [3.8, 4) is 17.0 Å². The third-order valence-corrected chi connectivity index (χ3v) is 6.06. The SMILES string of the molecule is O=C(Oc1ccc(-c2nc3ccc(Br)cn3c2NC2CCCCC2)cc1)c1ccco1. The van der Waals surface area contributed by atoms with E-state index in [9.17, 15) is 4.79 Å². The number of rotatable bonds is 5. The number of carbonyl (C=O) groups is 1.